The van der Waals surface area contributed by atoms with Crippen molar-refractivity contribution in [1.82, 2.24) is 15.2 Å². The molecule has 3 aromatic rings. The molecule has 0 saturated carbocycles. The Morgan fingerprint density at radius 2 is 1.79 bits per heavy atom. The normalized spacial score (nSPS) is 10.6. The highest BCUT2D eigenvalue weighted by molar-refractivity contribution is 6.32. The number of aromatic nitrogens is 3. The monoisotopic (exact) mass is 291 g/mol. The molecule has 0 atom stereocenters. The van der Waals surface area contributed by atoms with Crippen LogP contribution < -0.4 is 4.74 Å². The molecule has 0 radical (unpaired) electrons. The maximum Gasteiger partial charge on any atom is 0.194 e. The third kappa shape index (κ3) is 2.45. The predicted molar refractivity (Wildman–Crippen MR) is 73.9 cm³/mol. The SMILES string of the molecule is Clc1cc(Oc2cccc3cccnc23)c(Cl)nn1. The van der Waals surface area contributed by atoms with Crippen LogP contribution >= 0.6 is 23.2 Å². The van der Waals surface area contributed by atoms with Crippen LogP contribution in [0.5, 0.6) is 11.5 Å². The molecule has 0 amide bonds. The minimum Gasteiger partial charge on any atom is -0.452 e. The van der Waals surface area contributed by atoms with Gasteiger partial charge in [-0.1, -0.05) is 41.4 Å². The highest BCUT2D eigenvalue weighted by Crippen LogP contribution is 2.32. The lowest BCUT2D eigenvalue weighted by atomic mass is 10.2. The highest BCUT2D eigenvalue weighted by Gasteiger charge is 2.09. The molecule has 1 aromatic carbocycles. The number of para-hydroxylation sites is 1. The number of fused-ring (bicyclic) bond motifs is 1. The molecule has 0 aliphatic carbocycles. The Balaban J connectivity index is 2.08. The van der Waals surface area contributed by atoms with Gasteiger partial charge < -0.3 is 4.74 Å². The molecule has 94 valence electrons. The molecule has 0 spiro atoms. The fourth-order valence-electron chi connectivity index (χ4n) is 1.69. The number of rotatable bonds is 2. The minimum absolute atomic E-state index is 0.150. The van der Waals surface area contributed by atoms with E-state index in [4.69, 9.17) is 27.9 Å². The van der Waals surface area contributed by atoms with E-state index in [0.29, 0.717) is 11.5 Å². The van der Waals surface area contributed by atoms with E-state index in [1.54, 1.807) is 12.3 Å². The first-order valence-electron chi connectivity index (χ1n) is 5.44. The zero-order chi connectivity index (χ0) is 13.2. The fraction of sp³-hybridized carbons (Fsp3) is 0. The number of pyridine rings is 1. The van der Waals surface area contributed by atoms with Crippen molar-refractivity contribution in [2.24, 2.45) is 0 Å². The van der Waals surface area contributed by atoms with E-state index in [9.17, 15) is 0 Å². The number of benzene rings is 1. The molecular weight excluding hydrogens is 285 g/mol. The average Bonchev–Trinajstić information content (AvgIpc) is 2.43. The zero-order valence-electron chi connectivity index (χ0n) is 9.55. The Morgan fingerprint density at radius 1 is 0.947 bits per heavy atom. The van der Waals surface area contributed by atoms with Crippen molar-refractivity contribution < 1.29 is 4.74 Å². The van der Waals surface area contributed by atoms with Gasteiger partial charge in [0.1, 0.15) is 5.52 Å². The van der Waals surface area contributed by atoms with Crippen molar-refractivity contribution in [1.29, 1.82) is 0 Å². The van der Waals surface area contributed by atoms with Crippen LogP contribution in [0.15, 0.2) is 42.6 Å². The largest absolute Gasteiger partial charge is 0.452 e. The summed E-state index contributed by atoms with van der Waals surface area (Å²) in [5, 5.41) is 8.67. The number of ether oxygens (including phenoxy) is 1. The van der Waals surface area contributed by atoms with E-state index in [2.05, 4.69) is 15.2 Å². The summed E-state index contributed by atoms with van der Waals surface area (Å²) in [6.45, 7) is 0. The molecule has 0 bridgehead atoms. The van der Waals surface area contributed by atoms with Crippen LogP contribution in [0.3, 0.4) is 0 Å². The first-order chi connectivity index (χ1) is 9.24. The zero-order valence-corrected chi connectivity index (χ0v) is 11.1. The summed E-state index contributed by atoms with van der Waals surface area (Å²) in [6, 6.07) is 11.0. The summed E-state index contributed by atoms with van der Waals surface area (Å²) in [6.07, 6.45) is 1.70. The molecule has 0 fully saturated rings. The number of halogens is 2. The summed E-state index contributed by atoms with van der Waals surface area (Å²) < 4.78 is 5.72. The van der Waals surface area contributed by atoms with Crippen LogP contribution in [0.25, 0.3) is 10.9 Å². The predicted octanol–water partition coefficient (Wildman–Crippen LogP) is 4.12. The van der Waals surface area contributed by atoms with Gasteiger partial charge in [0.25, 0.3) is 0 Å². The Morgan fingerprint density at radius 3 is 2.68 bits per heavy atom. The molecule has 3 rings (SSSR count). The standard InChI is InChI=1S/C13H7Cl2N3O/c14-11-7-10(13(15)18-17-11)19-9-5-1-3-8-4-2-6-16-12(8)9/h1-7H. The molecule has 6 heteroatoms. The second kappa shape index (κ2) is 4.99. The van der Waals surface area contributed by atoms with Gasteiger partial charge in [0, 0.05) is 17.6 Å². The van der Waals surface area contributed by atoms with E-state index < -0.39 is 0 Å². The van der Waals surface area contributed by atoms with Crippen LogP contribution in [0.1, 0.15) is 0 Å². The van der Waals surface area contributed by atoms with E-state index in [-0.39, 0.29) is 10.3 Å². The van der Waals surface area contributed by atoms with Gasteiger partial charge in [-0.05, 0) is 12.1 Å². The molecule has 0 N–H and O–H groups in total. The second-order valence-corrected chi connectivity index (χ2v) is 4.50. The van der Waals surface area contributed by atoms with Crippen LogP contribution in [0, 0.1) is 0 Å². The summed E-state index contributed by atoms with van der Waals surface area (Å²) >= 11 is 11.7. The second-order valence-electron chi connectivity index (χ2n) is 3.76. The molecule has 0 unspecified atom stereocenters. The van der Waals surface area contributed by atoms with Crippen LogP contribution in [0.4, 0.5) is 0 Å². The van der Waals surface area contributed by atoms with Crippen molar-refractivity contribution in [2.75, 3.05) is 0 Å². The lowest BCUT2D eigenvalue weighted by Crippen LogP contribution is -1.92. The van der Waals surface area contributed by atoms with E-state index in [0.717, 1.165) is 10.9 Å². The van der Waals surface area contributed by atoms with Gasteiger partial charge in [-0.3, -0.25) is 4.98 Å². The molecule has 4 nitrogen and oxygen atoms in total. The van der Waals surface area contributed by atoms with Crippen molar-refractivity contribution in [3.05, 3.63) is 52.9 Å². The maximum atomic E-state index is 5.92. The van der Waals surface area contributed by atoms with Gasteiger partial charge in [-0.25, -0.2) is 0 Å². The van der Waals surface area contributed by atoms with Crippen LogP contribution in [-0.2, 0) is 0 Å². The summed E-state index contributed by atoms with van der Waals surface area (Å²) in [7, 11) is 0. The lowest BCUT2D eigenvalue weighted by Gasteiger charge is -2.08. The van der Waals surface area contributed by atoms with Gasteiger partial charge >= 0.3 is 0 Å². The Kier molecular flexibility index (Phi) is 3.19. The molecular formula is C13H7Cl2N3O. The summed E-state index contributed by atoms with van der Waals surface area (Å²) in [5.41, 5.74) is 0.744. The molecule has 0 aliphatic heterocycles. The van der Waals surface area contributed by atoms with Crippen LogP contribution in [0.2, 0.25) is 10.3 Å². The minimum atomic E-state index is 0.150. The molecule has 0 saturated heterocycles. The third-order valence-electron chi connectivity index (χ3n) is 2.50. The van der Waals surface area contributed by atoms with Gasteiger partial charge in [-0.15, -0.1) is 10.2 Å². The molecule has 19 heavy (non-hydrogen) atoms. The van der Waals surface area contributed by atoms with Crippen molar-refractivity contribution >= 4 is 34.1 Å². The number of hydrogen-bond donors (Lipinski definition) is 0. The highest BCUT2D eigenvalue weighted by atomic mass is 35.5. The quantitative estimate of drug-likeness (QED) is 0.712. The van der Waals surface area contributed by atoms with Crippen molar-refractivity contribution in [3.8, 4) is 11.5 Å². The summed E-state index contributed by atoms with van der Waals surface area (Å²) in [5.74, 6) is 0.934. The Labute approximate surface area is 119 Å². The van der Waals surface area contributed by atoms with Gasteiger partial charge in [0.05, 0.1) is 0 Å². The van der Waals surface area contributed by atoms with Crippen LogP contribution in [-0.4, -0.2) is 15.2 Å². The first-order valence-corrected chi connectivity index (χ1v) is 6.20. The third-order valence-corrected chi connectivity index (χ3v) is 2.95. The Bertz CT molecular complexity index is 744. The summed E-state index contributed by atoms with van der Waals surface area (Å²) in [4.78, 5) is 4.29. The first kappa shape index (κ1) is 12.1. The lowest BCUT2D eigenvalue weighted by molar-refractivity contribution is 0.483. The van der Waals surface area contributed by atoms with Gasteiger partial charge in [0.15, 0.2) is 21.8 Å². The molecule has 2 heterocycles. The smallest absolute Gasteiger partial charge is 0.194 e. The molecule has 0 aliphatic rings. The number of nitrogens with zero attached hydrogens (tertiary/aromatic N) is 3. The van der Waals surface area contributed by atoms with Gasteiger partial charge in [-0.2, -0.15) is 0 Å². The van der Waals surface area contributed by atoms with Crippen molar-refractivity contribution in [3.63, 3.8) is 0 Å². The number of hydrogen-bond acceptors (Lipinski definition) is 4. The van der Waals surface area contributed by atoms with E-state index in [1.807, 2.05) is 24.3 Å². The molecule has 2 aromatic heterocycles. The fourth-order valence-corrected chi connectivity index (χ4v) is 1.95. The topological polar surface area (TPSA) is 47.9 Å². The maximum absolute atomic E-state index is 5.92. The van der Waals surface area contributed by atoms with E-state index in [1.165, 1.54) is 6.07 Å². The Hall–Kier alpha value is -1.91. The average molecular weight is 292 g/mol. The van der Waals surface area contributed by atoms with E-state index >= 15 is 0 Å². The van der Waals surface area contributed by atoms with Crippen molar-refractivity contribution in [2.45, 2.75) is 0 Å². The van der Waals surface area contributed by atoms with Gasteiger partial charge in [0.2, 0.25) is 0 Å².